The van der Waals surface area contributed by atoms with Crippen molar-refractivity contribution < 1.29 is 17.9 Å². The molecule has 3 rings (SSSR count). The molecule has 0 atom stereocenters. The number of ether oxygens (including phenoxy) is 1. The zero-order valence-corrected chi connectivity index (χ0v) is 14.9. The molecule has 0 saturated carbocycles. The van der Waals surface area contributed by atoms with Gasteiger partial charge in [-0.25, -0.2) is 8.42 Å². The van der Waals surface area contributed by atoms with Gasteiger partial charge in [0.2, 0.25) is 10.0 Å². The highest BCUT2D eigenvalue weighted by atomic mass is 32.2. The summed E-state index contributed by atoms with van der Waals surface area (Å²) < 4.78 is 33.3. The largest absolute Gasteiger partial charge is 0.379 e. The molecule has 0 aliphatic carbocycles. The number of aromatic nitrogens is 2. The lowest BCUT2D eigenvalue weighted by atomic mass is 10.2. The van der Waals surface area contributed by atoms with Gasteiger partial charge in [-0.15, -0.1) is 0 Å². The summed E-state index contributed by atoms with van der Waals surface area (Å²) >= 11 is 0. The van der Waals surface area contributed by atoms with Crippen molar-refractivity contribution in [3.8, 4) is 0 Å². The van der Waals surface area contributed by atoms with Gasteiger partial charge in [0.25, 0.3) is 5.91 Å². The van der Waals surface area contributed by atoms with E-state index in [1.807, 2.05) is 6.92 Å². The lowest BCUT2D eigenvalue weighted by molar-refractivity contribution is 0.0730. The fourth-order valence-electron chi connectivity index (χ4n) is 2.63. The molecule has 25 heavy (non-hydrogen) atoms. The van der Waals surface area contributed by atoms with Gasteiger partial charge in [-0.1, -0.05) is 0 Å². The third-order valence-electron chi connectivity index (χ3n) is 3.97. The first-order valence-corrected chi connectivity index (χ1v) is 9.32. The molecule has 134 valence electrons. The Morgan fingerprint density at radius 3 is 2.40 bits per heavy atom. The highest BCUT2D eigenvalue weighted by Crippen LogP contribution is 2.18. The molecular formula is C16H20N4O4S. The number of amides is 1. The van der Waals surface area contributed by atoms with Crippen molar-refractivity contribution in [2.75, 3.05) is 31.6 Å². The molecule has 0 radical (unpaired) electrons. The van der Waals surface area contributed by atoms with Crippen LogP contribution in [-0.4, -0.2) is 54.7 Å². The van der Waals surface area contributed by atoms with Crippen LogP contribution in [0.15, 0.2) is 35.2 Å². The van der Waals surface area contributed by atoms with E-state index in [9.17, 15) is 13.2 Å². The number of sulfonamides is 1. The lowest BCUT2D eigenvalue weighted by Gasteiger charge is -2.26. The van der Waals surface area contributed by atoms with Gasteiger partial charge in [0.15, 0.2) is 0 Å². The third kappa shape index (κ3) is 3.73. The molecule has 8 nitrogen and oxygen atoms in total. The van der Waals surface area contributed by atoms with Crippen LogP contribution >= 0.6 is 0 Å². The number of carbonyl (C=O) groups is 1. The predicted octanol–water partition coefficient (Wildman–Crippen LogP) is 1.00. The van der Waals surface area contributed by atoms with E-state index < -0.39 is 10.0 Å². The van der Waals surface area contributed by atoms with Gasteiger partial charge in [-0.3, -0.25) is 9.48 Å². The summed E-state index contributed by atoms with van der Waals surface area (Å²) in [5.41, 5.74) is 1.17. The molecule has 1 fully saturated rings. The van der Waals surface area contributed by atoms with Crippen LogP contribution in [0.5, 0.6) is 0 Å². The maximum atomic E-state index is 12.6. The fraction of sp³-hybridized carbons (Fsp3) is 0.375. The average molecular weight is 364 g/mol. The molecule has 1 aliphatic rings. The van der Waals surface area contributed by atoms with E-state index in [1.54, 1.807) is 17.8 Å². The van der Waals surface area contributed by atoms with E-state index in [1.165, 1.54) is 28.6 Å². The first kappa shape index (κ1) is 17.6. The molecule has 1 saturated heterocycles. The number of morpholine rings is 1. The summed E-state index contributed by atoms with van der Waals surface area (Å²) in [5, 5.41) is 6.92. The van der Waals surface area contributed by atoms with Gasteiger partial charge >= 0.3 is 0 Å². The van der Waals surface area contributed by atoms with E-state index in [4.69, 9.17) is 4.74 Å². The van der Waals surface area contributed by atoms with Crippen LogP contribution < -0.4 is 5.32 Å². The number of nitrogens with zero attached hydrogens (tertiary/aromatic N) is 3. The summed E-state index contributed by atoms with van der Waals surface area (Å²) in [7, 11) is -1.82. The van der Waals surface area contributed by atoms with Crippen LogP contribution in [0.25, 0.3) is 0 Å². The van der Waals surface area contributed by atoms with Crippen molar-refractivity contribution in [1.29, 1.82) is 0 Å². The van der Waals surface area contributed by atoms with Gasteiger partial charge < -0.3 is 10.1 Å². The Morgan fingerprint density at radius 1 is 1.20 bits per heavy atom. The summed E-state index contributed by atoms with van der Waals surface area (Å²) in [5.74, 6) is 0.255. The van der Waals surface area contributed by atoms with Gasteiger partial charge in [0.1, 0.15) is 5.82 Å². The Morgan fingerprint density at radius 2 is 1.84 bits per heavy atom. The molecule has 1 aromatic heterocycles. The lowest BCUT2D eigenvalue weighted by Crippen LogP contribution is -2.40. The second-order valence-corrected chi connectivity index (χ2v) is 7.73. The van der Waals surface area contributed by atoms with Crippen LogP contribution in [0.2, 0.25) is 0 Å². The summed E-state index contributed by atoms with van der Waals surface area (Å²) in [4.78, 5) is 12.5. The van der Waals surface area contributed by atoms with Crippen molar-refractivity contribution in [2.45, 2.75) is 11.8 Å². The van der Waals surface area contributed by atoms with E-state index in [0.29, 0.717) is 37.7 Å². The van der Waals surface area contributed by atoms with Gasteiger partial charge in [-0.2, -0.15) is 9.40 Å². The van der Waals surface area contributed by atoms with Crippen LogP contribution in [0.1, 0.15) is 16.1 Å². The smallest absolute Gasteiger partial charge is 0.256 e. The van der Waals surface area contributed by atoms with Crippen LogP contribution in [0.4, 0.5) is 5.82 Å². The molecular weight excluding hydrogens is 344 g/mol. The van der Waals surface area contributed by atoms with Crippen molar-refractivity contribution in [3.05, 3.63) is 41.6 Å². The molecule has 0 bridgehead atoms. The highest BCUT2D eigenvalue weighted by molar-refractivity contribution is 7.89. The molecule has 2 heterocycles. The molecule has 9 heteroatoms. The monoisotopic (exact) mass is 364 g/mol. The number of hydrogen-bond acceptors (Lipinski definition) is 5. The number of nitrogens with one attached hydrogen (secondary N) is 1. The molecule has 0 unspecified atom stereocenters. The van der Waals surface area contributed by atoms with Crippen molar-refractivity contribution in [2.24, 2.45) is 7.05 Å². The van der Waals surface area contributed by atoms with Crippen LogP contribution in [-0.2, 0) is 21.8 Å². The van der Waals surface area contributed by atoms with Gasteiger partial charge in [0, 0.05) is 31.8 Å². The van der Waals surface area contributed by atoms with Crippen LogP contribution in [0, 0.1) is 6.92 Å². The van der Waals surface area contributed by atoms with E-state index in [0.717, 1.165) is 5.69 Å². The van der Waals surface area contributed by atoms with E-state index in [2.05, 4.69) is 10.4 Å². The van der Waals surface area contributed by atoms with Gasteiger partial charge in [0.05, 0.1) is 23.8 Å². The van der Waals surface area contributed by atoms with Crippen molar-refractivity contribution in [1.82, 2.24) is 14.1 Å². The zero-order chi connectivity index (χ0) is 18.0. The number of benzene rings is 1. The van der Waals surface area contributed by atoms with Crippen molar-refractivity contribution in [3.63, 3.8) is 0 Å². The fourth-order valence-corrected chi connectivity index (χ4v) is 4.04. The maximum absolute atomic E-state index is 12.6. The topological polar surface area (TPSA) is 93.5 Å². The Labute approximate surface area is 146 Å². The SMILES string of the molecule is Cc1cc(NC(=O)c2ccc(S(=O)(=O)N3CCOCC3)cc2)n(C)n1. The first-order valence-electron chi connectivity index (χ1n) is 7.88. The van der Waals surface area contributed by atoms with E-state index in [-0.39, 0.29) is 10.8 Å². The highest BCUT2D eigenvalue weighted by Gasteiger charge is 2.26. The molecule has 1 aromatic carbocycles. The zero-order valence-electron chi connectivity index (χ0n) is 14.1. The van der Waals surface area contributed by atoms with Crippen molar-refractivity contribution >= 4 is 21.7 Å². The minimum Gasteiger partial charge on any atom is -0.379 e. The summed E-state index contributed by atoms with van der Waals surface area (Å²) in [6, 6.07) is 7.68. The second kappa shape index (κ2) is 6.95. The third-order valence-corrected chi connectivity index (χ3v) is 5.88. The quantitative estimate of drug-likeness (QED) is 0.874. The molecule has 2 aromatic rings. The van der Waals surface area contributed by atoms with E-state index >= 15 is 0 Å². The number of rotatable bonds is 4. The normalized spacial score (nSPS) is 15.9. The summed E-state index contributed by atoms with van der Waals surface area (Å²) in [6.45, 7) is 3.30. The molecule has 0 spiro atoms. The Hall–Kier alpha value is -2.23. The molecule has 1 aliphatic heterocycles. The number of aryl methyl sites for hydroxylation is 2. The molecule has 1 N–H and O–H groups in total. The molecule has 1 amide bonds. The van der Waals surface area contributed by atoms with Gasteiger partial charge in [-0.05, 0) is 31.2 Å². The Kier molecular flexibility index (Phi) is 4.89. The minimum absolute atomic E-state index is 0.169. The van der Waals surface area contributed by atoms with Crippen LogP contribution in [0.3, 0.4) is 0 Å². The maximum Gasteiger partial charge on any atom is 0.256 e. The standard InChI is InChI=1S/C16H20N4O4S/c1-12-11-15(19(2)18-12)17-16(21)13-3-5-14(6-4-13)25(22,23)20-7-9-24-10-8-20/h3-6,11H,7-10H2,1-2H3,(H,17,21). The Balaban J connectivity index is 1.75. The number of anilines is 1. The first-order chi connectivity index (χ1) is 11.9. The number of hydrogen-bond donors (Lipinski definition) is 1. The minimum atomic E-state index is -3.56. The summed E-state index contributed by atoms with van der Waals surface area (Å²) in [6.07, 6.45) is 0. The average Bonchev–Trinajstić information content (AvgIpc) is 2.93. The Bertz CT molecular complexity index is 868. The number of carbonyl (C=O) groups excluding carboxylic acids is 1. The second-order valence-electron chi connectivity index (χ2n) is 5.79. The predicted molar refractivity (Wildman–Crippen MR) is 91.9 cm³/mol.